The molecule has 0 saturated heterocycles. The van der Waals surface area contributed by atoms with Crippen molar-refractivity contribution in [1.29, 1.82) is 0 Å². The van der Waals surface area contributed by atoms with Crippen LogP contribution in [0.15, 0.2) is 36.4 Å². The lowest BCUT2D eigenvalue weighted by molar-refractivity contribution is -0.146. The molecule has 1 N–H and O–H groups in total. The van der Waals surface area contributed by atoms with Crippen LogP contribution >= 0.6 is 11.6 Å². The third-order valence-corrected chi connectivity index (χ3v) is 7.04. The van der Waals surface area contributed by atoms with Crippen LogP contribution in [0, 0.1) is 0 Å². The van der Waals surface area contributed by atoms with Gasteiger partial charge in [-0.2, -0.15) is 13.2 Å². The van der Waals surface area contributed by atoms with Gasteiger partial charge in [-0.3, -0.25) is 9.36 Å². The second-order valence-electron chi connectivity index (χ2n) is 9.16. The largest absolute Gasteiger partial charge is 0.493 e. The number of para-hydroxylation sites is 1. The van der Waals surface area contributed by atoms with E-state index in [1.165, 1.54) is 31.0 Å². The summed E-state index contributed by atoms with van der Waals surface area (Å²) >= 11 is 6.38. The SMILES string of the molecule is COc1cccc([C@H]2C[C@H](Cn3nnnc3CCC(=O)O)c3nnc(C(F)(F)F)n3-c3ccc(Cl)cc32)c1OC. The van der Waals surface area contributed by atoms with Gasteiger partial charge in [0.25, 0.3) is 0 Å². The molecule has 2 aromatic carbocycles. The predicted molar refractivity (Wildman–Crippen MR) is 134 cm³/mol. The molecule has 0 amide bonds. The first-order valence-corrected chi connectivity index (χ1v) is 12.5. The van der Waals surface area contributed by atoms with Crippen molar-refractivity contribution in [3.63, 3.8) is 0 Å². The molecule has 3 heterocycles. The molecule has 0 radical (unpaired) electrons. The van der Waals surface area contributed by atoms with E-state index in [9.17, 15) is 18.0 Å². The van der Waals surface area contributed by atoms with E-state index in [2.05, 4.69) is 25.7 Å². The van der Waals surface area contributed by atoms with Gasteiger partial charge in [-0.05, 0) is 46.7 Å². The Labute approximate surface area is 230 Å². The van der Waals surface area contributed by atoms with E-state index >= 15 is 0 Å². The number of fused-ring (bicyclic) bond motifs is 3. The molecule has 210 valence electrons. The third-order valence-electron chi connectivity index (χ3n) is 6.80. The summed E-state index contributed by atoms with van der Waals surface area (Å²) in [6.07, 6.45) is -4.74. The van der Waals surface area contributed by atoms with Crippen LogP contribution in [0.1, 0.15) is 53.3 Å². The molecule has 5 rings (SSSR count). The topological polar surface area (TPSA) is 130 Å². The van der Waals surface area contributed by atoms with E-state index in [1.54, 1.807) is 18.2 Å². The van der Waals surface area contributed by atoms with E-state index in [4.69, 9.17) is 26.2 Å². The Kier molecular flexibility index (Phi) is 7.36. The van der Waals surface area contributed by atoms with E-state index in [1.807, 2.05) is 6.07 Å². The quantitative estimate of drug-likeness (QED) is 0.326. The number of benzene rings is 2. The Morgan fingerprint density at radius 3 is 2.62 bits per heavy atom. The lowest BCUT2D eigenvalue weighted by Crippen LogP contribution is -2.19. The molecule has 11 nitrogen and oxygen atoms in total. The average molecular weight is 578 g/mol. The number of ether oxygens (including phenoxy) is 2. The minimum Gasteiger partial charge on any atom is -0.493 e. The highest BCUT2D eigenvalue weighted by molar-refractivity contribution is 6.30. The zero-order valence-corrected chi connectivity index (χ0v) is 22.0. The number of carboxylic acids is 1. The summed E-state index contributed by atoms with van der Waals surface area (Å²) in [6.45, 7) is 0.0163. The first-order valence-electron chi connectivity index (χ1n) is 12.1. The molecule has 2 atom stereocenters. The summed E-state index contributed by atoms with van der Waals surface area (Å²) in [4.78, 5) is 11.1. The Morgan fingerprint density at radius 2 is 1.93 bits per heavy atom. The van der Waals surface area contributed by atoms with Crippen LogP contribution in [0.3, 0.4) is 0 Å². The molecule has 0 spiro atoms. The molecular formula is C25H23ClF3N7O4. The molecule has 0 saturated carbocycles. The number of carbonyl (C=O) groups is 1. The number of carboxylic acid groups (broad SMARTS) is 1. The monoisotopic (exact) mass is 577 g/mol. The Hall–Kier alpha value is -4.20. The number of rotatable bonds is 8. The normalized spacial score (nSPS) is 16.6. The van der Waals surface area contributed by atoms with Gasteiger partial charge in [0.1, 0.15) is 5.82 Å². The van der Waals surface area contributed by atoms with Gasteiger partial charge >= 0.3 is 12.1 Å². The van der Waals surface area contributed by atoms with Crippen LogP contribution in [0.25, 0.3) is 5.69 Å². The van der Waals surface area contributed by atoms with E-state index in [0.717, 1.165) is 4.57 Å². The summed E-state index contributed by atoms with van der Waals surface area (Å²) in [7, 11) is 2.98. The van der Waals surface area contributed by atoms with Crippen molar-refractivity contribution in [2.24, 2.45) is 0 Å². The number of aryl methyl sites for hydroxylation is 1. The lowest BCUT2D eigenvalue weighted by atomic mass is 9.83. The molecule has 4 aromatic rings. The number of hydrogen-bond donors (Lipinski definition) is 1. The zero-order chi connectivity index (χ0) is 28.6. The van der Waals surface area contributed by atoms with Gasteiger partial charge in [-0.1, -0.05) is 23.7 Å². The number of aliphatic carboxylic acids is 1. The van der Waals surface area contributed by atoms with Crippen molar-refractivity contribution in [3.8, 4) is 17.2 Å². The van der Waals surface area contributed by atoms with Gasteiger partial charge in [-0.15, -0.1) is 15.3 Å². The molecule has 15 heteroatoms. The number of alkyl halides is 3. The highest BCUT2D eigenvalue weighted by Crippen LogP contribution is 2.48. The molecule has 0 fully saturated rings. The Bertz CT molecular complexity index is 1560. The highest BCUT2D eigenvalue weighted by atomic mass is 35.5. The van der Waals surface area contributed by atoms with Gasteiger partial charge in [0, 0.05) is 28.8 Å². The zero-order valence-electron chi connectivity index (χ0n) is 21.3. The standard InChI is InChI=1S/C25H23ClF3N7O4/c1-39-19-5-3-4-15(22(19)40-2)16-10-13(12-35-20(30-33-34-35)8-9-21(37)38)23-31-32-24(25(27,28)29)36(23)18-7-6-14(26)11-17(16)18/h3-7,11,13,16H,8-10,12H2,1-2H3,(H,37,38)/t13-,16-/m1/s1. The van der Waals surface area contributed by atoms with Gasteiger partial charge < -0.3 is 14.6 Å². The van der Waals surface area contributed by atoms with Crippen molar-refractivity contribution in [2.75, 3.05) is 14.2 Å². The Balaban J connectivity index is 1.72. The number of halogens is 4. The molecule has 0 aliphatic carbocycles. The van der Waals surface area contributed by atoms with Gasteiger partial charge in [0.15, 0.2) is 17.3 Å². The van der Waals surface area contributed by atoms with Crippen LogP contribution in [0.5, 0.6) is 11.5 Å². The summed E-state index contributed by atoms with van der Waals surface area (Å²) in [5.41, 5.74) is 1.40. The average Bonchev–Trinajstić information content (AvgIpc) is 3.53. The van der Waals surface area contributed by atoms with Crippen molar-refractivity contribution < 1.29 is 32.5 Å². The predicted octanol–water partition coefficient (Wildman–Crippen LogP) is 4.28. The van der Waals surface area contributed by atoms with Crippen LogP contribution in [-0.2, 0) is 23.9 Å². The fourth-order valence-corrected chi connectivity index (χ4v) is 5.30. The fourth-order valence-electron chi connectivity index (χ4n) is 5.12. The van der Waals surface area contributed by atoms with Gasteiger partial charge in [0.05, 0.1) is 32.9 Å². The summed E-state index contributed by atoms with van der Waals surface area (Å²) in [6, 6.07) is 9.96. The van der Waals surface area contributed by atoms with Crippen LogP contribution in [0.2, 0.25) is 5.02 Å². The first-order chi connectivity index (χ1) is 19.1. The fraction of sp³-hybridized carbons (Fsp3) is 0.360. The van der Waals surface area contributed by atoms with Crippen LogP contribution in [-0.4, -0.2) is 60.3 Å². The van der Waals surface area contributed by atoms with Crippen molar-refractivity contribution in [3.05, 3.63) is 70.0 Å². The summed E-state index contributed by atoms with van der Waals surface area (Å²) < 4.78 is 56.2. The molecule has 0 unspecified atom stereocenters. The maximum absolute atomic E-state index is 14.2. The van der Waals surface area contributed by atoms with Crippen molar-refractivity contribution in [2.45, 2.75) is 43.8 Å². The number of tetrazole rings is 1. The van der Waals surface area contributed by atoms with Gasteiger partial charge in [0.2, 0.25) is 5.82 Å². The van der Waals surface area contributed by atoms with Crippen molar-refractivity contribution >= 4 is 17.6 Å². The van der Waals surface area contributed by atoms with Crippen molar-refractivity contribution in [1.82, 2.24) is 35.0 Å². The minimum absolute atomic E-state index is 0.0163. The van der Waals surface area contributed by atoms with E-state index in [-0.39, 0.29) is 43.1 Å². The molecule has 1 aliphatic heterocycles. The summed E-state index contributed by atoms with van der Waals surface area (Å²) in [5.74, 6) is -2.21. The second-order valence-corrected chi connectivity index (χ2v) is 9.59. The van der Waals surface area contributed by atoms with E-state index in [0.29, 0.717) is 27.6 Å². The van der Waals surface area contributed by atoms with Gasteiger partial charge in [-0.25, -0.2) is 4.68 Å². The molecule has 0 bridgehead atoms. The maximum Gasteiger partial charge on any atom is 0.452 e. The molecule has 2 aromatic heterocycles. The van der Waals surface area contributed by atoms with Crippen LogP contribution < -0.4 is 9.47 Å². The minimum atomic E-state index is -4.80. The summed E-state index contributed by atoms with van der Waals surface area (Å²) in [5, 5.41) is 28.5. The Morgan fingerprint density at radius 1 is 1.12 bits per heavy atom. The lowest BCUT2D eigenvalue weighted by Gasteiger charge is -2.24. The number of nitrogens with zero attached hydrogens (tertiary/aromatic N) is 7. The molecule has 1 aliphatic rings. The smallest absolute Gasteiger partial charge is 0.452 e. The maximum atomic E-state index is 14.2. The molecular weight excluding hydrogens is 555 g/mol. The first kappa shape index (κ1) is 27.4. The molecule has 40 heavy (non-hydrogen) atoms. The number of methoxy groups -OCH3 is 2. The number of hydrogen-bond acceptors (Lipinski definition) is 8. The third kappa shape index (κ3) is 5.06. The van der Waals surface area contributed by atoms with E-state index < -0.39 is 29.8 Å². The number of aromatic nitrogens is 7. The second kappa shape index (κ2) is 10.8. The van der Waals surface area contributed by atoms with Crippen LogP contribution in [0.4, 0.5) is 13.2 Å². The highest BCUT2D eigenvalue weighted by Gasteiger charge is 2.43.